The Labute approximate surface area is 114 Å². The zero-order valence-corrected chi connectivity index (χ0v) is 12.1. The predicted molar refractivity (Wildman–Crippen MR) is 74.3 cm³/mol. The Morgan fingerprint density at radius 1 is 1.53 bits per heavy atom. The summed E-state index contributed by atoms with van der Waals surface area (Å²) in [5.74, 6) is 1.06. The van der Waals surface area contributed by atoms with Gasteiger partial charge in [0.15, 0.2) is 0 Å². The smallest absolute Gasteiger partial charge is 0.213 e. The summed E-state index contributed by atoms with van der Waals surface area (Å²) in [5, 5.41) is 3.25. The average molecular weight is 286 g/mol. The van der Waals surface area contributed by atoms with Crippen molar-refractivity contribution in [2.45, 2.75) is 31.7 Å². The van der Waals surface area contributed by atoms with Crippen LogP contribution in [0.5, 0.6) is 0 Å². The van der Waals surface area contributed by atoms with Gasteiger partial charge in [0.2, 0.25) is 10.0 Å². The molecule has 0 amide bonds. The molecule has 1 aliphatic rings. The van der Waals surface area contributed by atoms with E-state index in [0.717, 1.165) is 31.6 Å². The highest BCUT2D eigenvalue weighted by atomic mass is 32.2. The summed E-state index contributed by atoms with van der Waals surface area (Å²) >= 11 is 0. The number of rotatable bonds is 6. The third-order valence-electron chi connectivity index (χ3n) is 3.42. The molecule has 1 fully saturated rings. The molecule has 1 aromatic rings. The molecular weight excluding hydrogens is 264 g/mol. The molecule has 108 valence electrons. The number of sulfonamides is 1. The van der Waals surface area contributed by atoms with Crippen LogP contribution in [0.15, 0.2) is 12.4 Å². The van der Waals surface area contributed by atoms with Gasteiger partial charge in [-0.2, -0.15) is 0 Å². The Bertz CT molecular complexity index is 492. The van der Waals surface area contributed by atoms with Crippen LogP contribution in [0.4, 0.5) is 0 Å². The summed E-state index contributed by atoms with van der Waals surface area (Å²) in [7, 11) is -1.29. The number of hydrogen-bond donors (Lipinski definition) is 2. The Morgan fingerprint density at radius 3 is 3.00 bits per heavy atom. The standard InChI is InChI=1S/C12H22N4O2S/c1-16-9-8-14-12(16)5-7-15-19(17,18)10-11-4-2-3-6-13-11/h8-9,11,13,15H,2-7,10H2,1H3. The molecule has 1 aromatic heterocycles. The van der Waals surface area contributed by atoms with Crippen molar-refractivity contribution in [2.24, 2.45) is 7.05 Å². The summed E-state index contributed by atoms with van der Waals surface area (Å²) in [4.78, 5) is 4.17. The fourth-order valence-corrected chi connectivity index (χ4v) is 3.69. The van der Waals surface area contributed by atoms with Crippen molar-refractivity contribution >= 4 is 10.0 Å². The molecule has 0 aromatic carbocycles. The van der Waals surface area contributed by atoms with Gasteiger partial charge in [-0.3, -0.25) is 0 Å². The van der Waals surface area contributed by atoms with Crippen LogP contribution >= 0.6 is 0 Å². The second-order valence-electron chi connectivity index (χ2n) is 5.03. The normalized spacial score (nSPS) is 20.6. The van der Waals surface area contributed by atoms with Crippen molar-refractivity contribution in [2.75, 3.05) is 18.8 Å². The molecule has 2 N–H and O–H groups in total. The predicted octanol–water partition coefficient (Wildman–Crippen LogP) is 0.0241. The Balaban J connectivity index is 1.76. The van der Waals surface area contributed by atoms with Crippen LogP contribution in [-0.2, 0) is 23.5 Å². The van der Waals surface area contributed by atoms with E-state index in [4.69, 9.17) is 0 Å². The number of nitrogens with zero attached hydrogens (tertiary/aromatic N) is 2. The Kier molecular flexibility index (Phi) is 4.95. The van der Waals surface area contributed by atoms with Crippen molar-refractivity contribution in [3.63, 3.8) is 0 Å². The first kappa shape index (κ1) is 14.5. The maximum absolute atomic E-state index is 11.9. The summed E-state index contributed by atoms with van der Waals surface area (Å²) in [6, 6.07) is 0.0967. The van der Waals surface area contributed by atoms with Gasteiger partial charge < -0.3 is 9.88 Å². The van der Waals surface area contributed by atoms with Crippen molar-refractivity contribution in [3.8, 4) is 0 Å². The Morgan fingerprint density at radius 2 is 2.37 bits per heavy atom. The van der Waals surface area contributed by atoms with Gasteiger partial charge in [0, 0.05) is 38.4 Å². The minimum absolute atomic E-state index is 0.0967. The van der Waals surface area contributed by atoms with Crippen molar-refractivity contribution in [3.05, 3.63) is 18.2 Å². The van der Waals surface area contributed by atoms with Gasteiger partial charge in [0.1, 0.15) is 5.82 Å². The number of nitrogens with one attached hydrogen (secondary N) is 2. The van der Waals surface area contributed by atoms with Crippen LogP contribution in [0.25, 0.3) is 0 Å². The van der Waals surface area contributed by atoms with E-state index < -0.39 is 10.0 Å². The third-order valence-corrected chi connectivity index (χ3v) is 4.91. The fraction of sp³-hybridized carbons (Fsp3) is 0.750. The van der Waals surface area contributed by atoms with Gasteiger partial charge >= 0.3 is 0 Å². The second-order valence-corrected chi connectivity index (χ2v) is 6.88. The van der Waals surface area contributed by atoms with Crippen LogP contribution in [0.3, 0.4) is 0 Å². The molecule has 2 rings (SSSR count). The average Bonchev–Trinajstić information content (AvgIpc) is 2.76. The summed E-state index contributed by atoms with van der Waals surface area (Å²) < 4.78 is 28.4. The molecule has 19 heavy (non-hydrogen) atoms. The lowest BCUT2D eigenvalue weighted by Crippen LogP contribution is -2.43. The van der Waals surface area contributed by atoms with Crippen LogP contribution in [-0.4, -0.2) is 42.9 Å². The van der Waals surface area contributed by atoms with Gasteiger partial charge in [0.25, 0.3) is 0 Å². The number of aryl methyl sites for hydroxylation is 1. The van der Waals surface area contributed by atoms with E-state index in [9.17, 15) is 8.42 Å². The van der Waals surface area contributed by atoms with E-state index in [1.54, 1.807) is 6.20 Å². The molecule has 6 nitrogen and oxygen atoms in total. The topological polar surface area (TPSA) is 76.0 Å². The molecule has 1 saturated heterocycles. The third kappa shape index (κ3) is 4.59. The van der Waals surface area contributed by atoms with E-state index in [0.29, 0.717) is 13.0 Å². The molecule has 2 heterocycles. The Hall–Kier alpha value is -0.920. The molecule has 1 atom stereocenters. The fourth-order valence-electron chi connectivity index (χ4n) is 2.35. The highest BCUT2D eigenvalue weighted by Crippen LogP contribution is 2.08. The lowest BCUT2D eigenvalue weighted by molar-refractivity contribution is 0.422. The van der Waals surface area contributed by atoms with E-state index in [1.165, 1.54) is 0 Å². The lowest BCUT2D eigenvalue weighted by Gasteiger charge is -2.23. The molecule has 0 spiro atoms. The van der Waals surface area contributed by atoms with E-state index in [-0.39, 0.29) is 11.8 Å². The lowest BCUT2D eigenvalue weighted by atomic mass is 10.1. The van der Waals surface area contributed by atoms with Crippen LogP contribution < -0.4 is 10.0 Å². The number of piperidine rings is 1. The minimum Gasteiger partial charge on any atom is -0.338 e. The number of hydrogen-bond acceptors (Lipinski definition) is 4. The summed E-state index contributed by atoms with van der Waals surface area (Å²) in [6.07, 6.45) is 7.39. The maximum Gasteiger partial charge on any atom is 0.213 e. The highest BCUT2D eigenvalue weighted by molar-refractivity contribution is 7.89. The molecule has 0 aliphatic carbocycles. The van der Waals surface area contributed by atoms with E-state index >= 15 is 0 Å². The zero-order chi connectivity index (χ0) is 13.7. The van der Waals surface area contributed by atoms with Crippen LogP contribution in [0.1, 0.15) is 25.1 Å². The first-order chi connectivity index (χ1) is 9.07. The van der Waals surface area contributed by atoms with E-state index in [2.05, 4.69) is 15.0 Å². The number of imidazole rings is 1. The van der Waals surface area contributed by atoms with Crippen molar-refractivity contribution in [1.29, 1.82) is 0 Å². The van der Waals surface area contributed by atoms with Crippen LogP contribution in [0.2, 0.25) is 0 Å². The van der Waals surface area contributed by atoms with Gasteiger partial charge in [0.05, 0.1) is 5.75 Å². The van der Waals surface area contributed by atoms with Crippen molar-refractivity contribution < 1.29 is 8.42 Å². The number of aromatic nitrogens is 2. The minimum atomic E-state index is -3.20. The second kappa shape index (κ2) is 6.49. The maximum atomic E-state index is 11.9. The first-order valence-electron chi connectivity index (χ1n) is 6.74. The summed E-state index contributed by atoms with van der Waals surface area (Å²) in [5.41, 5.74) is 0. The molecule has 0 saturated carbocycles. The van der Waals surface area contributed by atoms with E-state index in [1.807, 2.05) is 17.8 Å². The van der Waals surface area contributed by atoms with Gasteiger partial charge in [-0.05, 0) is 19.4 Å². The zero-order valence-electron chi connectivity index (χ0n) is 11.3. The molecule has 7 heteroatoms. The molecular formula is C12H22N4O2S. The quantitative estimate of drug-likeness (QED) is 0.773. The van der Waals surface area contributed by atoms with Crippen molar-refractivity contribution in [1.82, 2.24) is 19.6 Å². The van der Waals surface area contributed by atoms with Gasteiger partial charge in [-0.25, -0.2) is 18.1 Å². The van der Waals surface area contributed by atoms with Gasteiger partial charge in [-0.1, -0.05) is 6.42 Å². The summed E-state index contributed by atoms with van der Waals surface area (Å²) in [6.45, 7) is 1.33. The SMILES string of the molecule is Cn1ccnc1CCNS(=O)(=O)CC1CCCCN1. The largest absolute Gasteiger partial charge is 0.338 e. The van der Waals surface area contributed by atoms with Crippen LogP contribution in [0, 0.1) is 0 Å². The highest BCUT2D eigenvalue weighted by Gasteiger charge is 2.20. The molecule has 1 aliphatic heterocycles. The first-order valence-corrected chi connectivity index (χ1v) is 8.39. The molecule has 0 radical (unpaired) electrons. The van der Waals surface area contributed by atoms with Gasteiger partial charge in [-0.15, -0.1) is 0 Å². The monoisotopic (exact) mass is 286 g/mol. The molecule has 1 unspecified atom stereocenters. The molecule has 0 bridgehead atoms.